The molecule has 1 aliphatic rings. The van der Waals surface area contributed by atoms with Gasteiger partial charge in [0.1, 0.15) is 11.6 Å². The number of imidazole rings is 1. The maximum Gasteiger partial charge on any atom is 0.332 e. The van der Waals surface area contributed by atoms with E-state index in [4.69, 9.17) is 9.72 Å². The van der Waals surface area contributed by atoms with Crippen molar-refractivity contribution in [3.05, 3.63) is 80.7 Å². The van der Waals surface area contributed by atoms with Crippen LogP contribution in [-0.4, -0.2) is 31.8 Å². The molecule has 176 valence electrons. The van der Waals surface area contributed by atoms with E-state index >= 15 is 0 Å². The van der Waals surface area contributed by atoms with Crippen LogP contribution in [-0.2, 0) is 20.1 Å². The Morgan fingerprint density at radius 3 is 2.41 bits per heavy atom. The second-order valence-corrected chi connectivity index (χ2v) is 8.38. The van der Waals surface area contributed by atoms with Crippen LogP contribution in [0.1, 0.15) is 25.3 Å². The van der Waals surface area contributed by atoms with Crippen LogP contribution in [0.3, 0.4) is 0 Å². The molecule has 0 atom stereocenters. The fourth-order valence-electron chi connectivity index (χ4n) is 4.46. The van der Waals surface area contributed by atoms with Crippen molar-refractivity contribution in [2.75, 3.05) is 18.1 Å². The van der Waals surface area contributed by atoms with Gasteiger partial charge in [0.05, 0.1) is 13.2 Å². The minimum Gasteiger partial charge on any atom is -0.494 e. The van der Waals surface area contributed by atoms with E-state index in [0.29, 0.717) is 35.8 Å². The van der Waals surface area contributed by atoms with E-state index < -0.39 is 11.2 Å². The van der Waals surface area contributed by atoms with Crippen molar-refractivity contribution in [2.45, 2.75) is 32.9 Å². The molecule has 0 aliphatic carbocycles. The second kappa shape index (κ2) is 8.81. The summed E-state index contributed by atoms with van der Waals surface area (Å²) in [5, 5.41) is 0. The van der Waals surface area contributed by atoms with E-state index in [9.17, 15) is 14.0 Å². The summed E-state index contributed by atoms with van der Waals surface area (Å²) in [6, 6.07) is 13.6. The predicted octanol–water partition coefficient (Wildman–Crippen LogP) is 3.41. The molecule has 0 unspecified atom stereocenters. The van der Waals surface area contributed by atoms with E-state index in [-0.39, 0.29) is 12.4 Å². The summed E-state index contributed by atoms with van der Waals surface area (Å²) in [4.78, 5) is 33.5. The topological polar surface area (TPSA) is 74.3 Å². The first-order valence-corrected chi connectivity index (χ1v) is 11.4. The summed E-state index contributed by atoms with van der Waals surface area (Å²) in [6.45, 7) is 3.97. The van der Waals surface area contributed by atoms with Gasteiger partial charge in [-0.25, -0.2) is 9.18 Å². The maximum atomic E-state index is 13.6. The number of halogens is 1. The Bertz CT molecular complexity index is 1450. The van der Waals surface area contributed by atoms with Crippen LogP contribution in [0, 0.1) is 5.82 Å². The number of fused-ring (bicyclic) bond motifs is 3. The minimum atomic E-state index is -0.456. The van der Waals surface area contributed by atoms with Crippen LogP contribution < -0.4 is 20.9 Å². The van der Waals surface area contributed by atoms with Gasteiger partial charge in [-0.05, 0) is 61.7 Å². The molecule has 3 heterocycles. The minimum absolute atomic E-state index is 0.0604. The third kappa shape index (κ3) is 3.76. The van der Waals surface area contributed by atoms with Gasteiger partial charge in [-0.3, -0.25) is 13.9 Å². The smallest absolute Gasteiger partial charge is 0.332 e. The third-order valence-electron chi connectivity index (χ3n) is 6.18. The highest BCUT2D eigenvalue weighted by Crippen LogP contribution is 2.31. The van der Waals surface area contributed by atoms with Crippen LogP contribution in [0.15, 0.2) is 58.1 Å². The van der Waals surface area contributed by atoms with E-state index in [1.165, 1.54) is 21.3 Å². The molecule has 34 heavy (non-hydrogen) atoms. The van der Waals surface area contributed by atoms with Crippen molar-refractivity contribution in [3.63, 3.8) is 0 Å². The van der Waals surface area contributed by atoms with Gasteiger partial charge >= 0.3 is 5.69 Å². The number of benzene rings is 2. The lowest BCUT2D eigenvalue weighted by Crippen LogP contribution is -2.40. The highest BCUT2D eigenvalue weighted by atomic mass is 19.1. The molecule has 2 aromatic heterocycles. The molecule has 0 bridgehead atoms. The molecule has 0 N–H and O–H groups in total. The summed E-state index contributed by atoms with van der Waals surface area (Å²) in [7, 11) is 1.62. The quantitative estimate of drug-likeness (QED) is 0.454. The van der Waals surface area contributed by atoms with E-state index in [2.05, 4.69) is 4.90 Å². The number of hydrogen-bond acceptors (Lipinski definition) is 5. The lowest BCUT2D eigenvalue weighted by molar-refractivity contribution is 0.340. The monoisotopic (exact) mass is 463 g/mol. The summed E-state index contributed by atoms with van der Waals surface area (Å²) in [6.07, 6.45) is 1.82. The van der Waals surface area contributed by atoms with Gasteiger partial charge in [-0.15, -0.1) is 0 Å². The maximum absolute atomic E-state index is 13.6. The van der Waals surface area contributed by atoms with Gasteiger partial charge in [0.25, 0.3) is 5.56 Å². The molecule has 9 heteroatoms. The zero-order valence-electron chi connectivity index (χ0n) is 19.2. The average molecular weight is 464 g/mol. The SMILES string of the molecule is CCOc1ccc(N2CCCCn3c2nc2c3c(=O)n(Cc3ccc(F)cc3)c(=O)n2C)cc1. The molecule has 0 radical (unpaired) electrons. The van der Waals surface area contributed by atoms with Gasteiger partial charge < -0.3 is 14.2 Å². The fourth-order valence-corrected chi connectivity index (χ4v) is 4.46. The van der Waals surface area contributed by atoms with Crippen molar-refractivity contribution in [2.24, 2.45) is 7.05 Å². The van der Waals surface area contributed by atoms with Crippen molar-refractivity contribution in [1.82, 2.24) is 18.7 Å². The van der Waals surface area contributed by atoms with Gasteiger partial charge in [0.15, 0.2) is 11.2 Å². The second-order valence-electron chi connectivity index (χ2n) is 8.38. The van der Waals surface area contributed by atoms with E-state index in [0.717, 1.165) is 30.8 Å². The molecular formula is C25H26FN5O3. The highest BCUT2D eigenvalue weighted by molar-refractivity contribution is 5.76. The van der Waals surface area contributed by atoms with Crippen LogP contribution >= 0.6 is 0 Å². The third-order valence-corrected chi connectivity index (χ3v) is 6.18. The number of hydrogen-bond donors (Lipinski definition) is 0. The standard InChI is InChI=1S/C25H26FN5O3/c1-3-34-20-12-10-19(11-13-20)29-14-4-5-15-30-21-22(27-24(29)30)28(2)25(33)31(23(21)32)16-17-6-8-18(26)9-7-17/h6-13H,3-5,14-16H2,1-2H3. The lowest BCUT2D eigenvalue weighted by atomic mass is 10.2. The predicted molar refractivity (Wildman–Crippen MR) is 129 cm³/mol. The Morgan fingerprint density at radius 1 is 1.00 bits per heavy atom. The fraction of sp³-hybridized carbons (Fsp3) is 0.320. The molecule has 2 aromatic carbocycles. The summed E-state index contributed by atoms with van der Waals surface area (Å²) >= 11 is 0. The number of aryl methyl sites for hydroxylation is 2. The number of aromatic nitrogens is 4. The first kappa shape index (κ1) is 21.9. The Balaban J connectivity index is 1.64. The normalized spacial score (nSPS) is 13.7. The largest absolute Gasteiger partial charge is 0.494 e. The molecule has 0 amide bonds. The first-order valence-electron chi connectivity index (χ1n) is 11.4. The molecule has 0 spiro atoms. The van der Waals surface area contributed by atoms with E-state index in [1.54, 1.807) is 19.2 Å². The molecule has 0 saturated carbocycles. The number of ether oxygens (including phenoxy) is 1. The first-order chi connectivity index (χ1) is 16.5. The molecule has 1 aliphatic heterocycles. The van der Waals surface area contributed by atoms with Gasteiger partial charge in [-0.2, -0.15) is 4.98 Å². The van der Waals surface area contributed by atoms with Crippen molar-refractivity contribution < 1.29 is 9.13 Å². The Hall–Kier alpha value is -3.88. The Morgan fingerprint density at radius 2 is 1.71 bits per heavy atom. The summed E-state index contributed by atoms with van der Waals surface area (Å²) in [5.41, 5.74) is 1.53. The zero-order chi connectivity index (χ0) is 23.8. The molecule has 0 saturated heterocycles. The van der Waals surface area contributed by atoms with Crippen LogP contribution in [0.25, 0.3) is 11.2 Å². The van der Waals surface area contributed by atoms with Crippen molar-refractivity contribution in [3.8, 4) is 5.75 Å². The molecule has 4 aromatic rings. The average Bonchev–Trinajstić information content (AvgIpc) is 3.10. The lowest BCUT2D eigenvalue weighted by Gasteiger charge is -2.22. The molecule has 5 rings (SSSR count). The van der Waals surface area contributed by atoms with Crippen molar-refractivity contribution in [1.29, 1.82) is 0 Å². The molecule has 0 fully saturated rings. The summed E-state index contributed by atoms with van der Waals surface area (Å²) in [5.74, 6) is 1.07. The zero-order valence-corrected chi connectivity index (χ0v) is 19.2. The summed E-state index contributed by atoms with van der Waals surface area (Å²) < 4.78 is 23.4. The van der Waals surface area contributed by atoms with E-state index in [1.807, 2.05) is 35.8 Å². The van der Waals surface area contributed by atoms with Crippen LogP contribution in [0.2, 0.25) is 0 Å². The van der Waals surface area contributed by atoms with Gasteiger partial charge in [0, 0.05) is 25.8 Å². The number of rotatable bonds is 5. The molecular weight excluding hydrogens is 437 g/mol. The van der Waals surface area contributed by atoms with Gasteiger partial charge in [0.2, 0.25) is 5.95 Å². The Kier molecular flexibility index (Phi) is 5.69. The number of nitrogens with zero attached hydrogens (tertiary/aromatic N) is 5. The Labute approximate surface area is 195 Å². The molecule has 8 nitrogen and oxygen atoms in total. The van der Waals surface area contributed by atoms with Gasteiger partial charge in [-0.1, -0.05) is 12.1 Å². The van der Waals surface area contributed by atoms with Crippen LogP contribution in [0.5, 0.6) is 5.75 Å². The van der Waals surface area contributed by atoms with Crippen LogP contribution in [0.4, 0.5) is 16.0 Å². The highest BCUT2D eigenvalue weighted by Gasteiger charge is 2.26. The number of anilines is 2. The van der Waals surface area contributed by atoms with Crippen molar-refractivity contribution >= 4 is 22.8 Å².